The number of nitrogens with zero attached hydrogens (tertiary/aromatic N) is 5. The van der Waals surface area contributed by atoms with Crippen LogP contribution in [0.15, 0.2) is 61.1 Å². The van der Waals surface area contributed by atoms with Crippen molar-refractivity contribution in [1.82, 2.24) is 30.3 Å². The van der Waals surface area contributed by atoms with Crippen molar-refractivity contribution in [3.8, 4) is 5.69 Å². The molecule has 8 nitrogen and oxygen atoms in total. The molecule has 156 valence electrons. The molecular weight excluding hydrogens is 390 g/mol. The van der Waals surface area contributed by atoms with Crippen molar-refractivity contribution in [1.29, 1.82) is 0 Å². The summed E-state index contributed by atoms with van der Waals surface area (Å²) < 4.78 is 0. The maximum Gasteiger partial charge on any atom is 0.253 e. The first-order valence-corrected chi connectivity index (χ1v) is 10.4. The van der Waals surface area contributed by atoms with Crippen LogP contribution in [0, 0.1) is 6.92 Å². The molecule has 8 heteroatoms. The van der Waals surface area contributed by atoms with E-state index in [1.165, 1.54) is 4.80 Å². The number of aryl methyl sites for hydroxylation is 1. The zero-order valence-electron chi connectivity index (χ0n) is 17.2. The average molecular weight is 413 g/mol. The highest BCUT2D eigenvalue weighted by Crippen LogP contribution is 2.24. The molecule has 5 rings (SSSR count). The van der Waals surface area contributed by atoms with Crippen LogP contribution >= 0.6 is 0 Å². The van der Waals surface area contributed by atoms with Gasteiger partial charge in [0.2, 0.25) is 0 Å². The van der Waals surface area contributed by atoms with E-state index < -0.39 is 0 Å². The summed E-state index contributed by atoms with van der Waals surface area (Å²) in [6.45, 7) is 1.97. The third kappa shape index (κ3) is 3.96. The Morgan fingerprint density at radius 3 is 2.65 bits per heavy atom. The summed E-state index contributed by atoms with van der Waals surface area (Å²) in [6, 6.07) is 13.6. The Kier molecular flexibility index (Phi) is 5.03. The van der Waals surface area contributed by atoms with Crippen molar-refractivity contribution in [2.24, 2.45) is 0 Å². The number of benzene rings is 2. The van der Waals surface area contributed by atoms with Crippen LogP contribution in [0.4, 0.5) is 5.82 Å². The number of hydrogen-bond acceptors (Lipinski definition) is 6. The molecule has 0 spiro atoms. The molecule has 2 aromatic heterocycles. The van der Waals surface area contributed by atoms with Crippen LogP contribution in [-0.2, 0) is 0 Å². The fourth-order valence-electron chi connectivity index (χ4n) is 4.11. The van der Waals surface area contributed by atoms with E-state index in [9.17, 15) is 4.79 Å². The second-order valence-electron chi connectivity index (χ2n) is 7.84. The molecule has 0 bridgehead atoms. The Balaban J connectivity index is 1.35. The largest absolute Gasteiger partial charge is 0.364 e. The molecule has 1 aliphatic carbocycles. The molecule has 2 N–H and O–H groups in total. The number of para-hydroxylation sites is 2. The van der Waals surface area contributed by atoms with E-state index in [4.69, 9.17) is 0 Å². The second-order valence-corrected chi connectivity index (χ2v) is 7.84. The highest BCUT2D eigenvalue weighted by Gasteiger charge is 2.30. The van der Waals surface area contributed by atoms with Crippen LogP contribution in [0.2, 0.25) is 0 Å². The first kappa shape index (κ1) is 19.2. The van der Waals surface area contributed by atoms with Crippen molar-refractivity contribution in [2.75, 3.05) is 5.32 Å². The second kappa shape index (κ2) is 8.14. The fraction of sp³-hybridized carbons (Fsp3) is 0.261. The molecule has 1 saturated carbocycles. The molecule has 2 heterocycles. The molecule has 2 atom stereocenters. The lowest BCUT2D eigenvalue weighted by Crippen LogP contribution is -2.43. The van der Waals surface area contributed by atoms with E-state index >= 15 is 0 Å². The molecule has 4 aromatic rings. The molecule has 31 heavy (non-hydrogen) atoms. The van der Waals surface area contributed by atoms with Crippen LogP contribution in [0.25, 0.3) is 16.7 Å². The predicted octanol–water partition coefficient (Wildman–Crippen LogP) is 3.28. The lowest BCUT2D eigenvalue weighted by molar-refractivity contribution is 0.0935. The highest BCUT2D eigenvalue weighted by molar-refractivity contribution is 5.98. The fourth-order valence-corrected chi connectivity index (χ4v) is 4.11. The van der Waals surface area contributed by atoms with Gasteiger partial charge in [0.15, 0.2) is 0 Å². The van der Waals surface area contributed by atoms with Crippen LogP contribution in [-0.4, -0.2) is 43.0 Å². The van der Waals surface area contributed by atoms with Gasteiger partial charge in [-0.25, -0.2) is 4.98 Å². The van der Waals surface area contributed by atoms with Crippen molar-refractivity contribution in [2.45, 2.75) is 38.3 Å². The van der Waals surface area contributed by atoms with E-state index in [2.05, 4.69) is 30.8 Å². The van der Waals surface area contributed by atoms with Gasteiger partial charge in [-0.05, 0) is 50.5 Å². The standard InChI is InChI=1S/C23H23N7O/c1-15-9-10-21(30-25-11-12-26-30)16(13-15)23(31)29-20-8-4-7-19(20)28-22-14-24-17-5-2-3-6-18(17)27-22/h2-3,5-6,9-14,19-20H,4,7-8H2,1H3,(H,27,28)(H,29,31)/t19-,20-/m1/s1. The van der Waals surface area contributed by atoms with Gasteiger partial charge in [-0.3, -0.25) is 9.78 Å². The Morgan fingerprint density at radius 2 is 1.81 bits per heavy atom. The van der Waals surface area contributed by atoms with Gasteiger partial charge in [-0.15, -0.1) is 0 Å². The van der Waals surface area contributed by atoms with E-state index in [1.54, 1.807) is 18.6 Å². The van der Waals surface area contributed by atoms with E-state index in [1.807, 2.05) is 49.4 Å². The number of fused-ring (bicyclic) bond motifs is 1. The third-order valence-electron chi connectivity index (χ3n) is 5.65. The van der Waals surface area contributed by atoms with Crippen molar-refractivity contribution >= 4 is 22.8 Å². The molecule has 1 fully saturated rings. The van der Waals surface area contributed by atoms with Gasteiger partial charge in [-0.2, -0.15) is 15.0 Å². The number of nitrogens with one attached hydrogen (secondary N) is 2. The Hall–Kier alpha value is -3.81. The van der Waals surface area contributed by atoms with Crippen LogP contribution in [0.5, 0.6) is 0 Å². The molecule has 1 amide bonds. The SMILES string of the molecule is Cc1ccc(-n2nccn2)c(C(=O)N[C@@H]2CCC[C@H]2Nc2cnc3ccccc3n2)c1. The van der Waals surface area contributed by atoms with Crippen LogP contribution in [0.1, 0.15) is 35.2 Å². The summed E-state index contributed by atoms with van der Waals surface area (Å²) in [5.74, 6) is 0.598. The molecule has 0 aliphatic heterocycles. The molecule has 0 radical (unpaired) electrons. The summed E-state index contributed by atoms with van der Waals surface area (Å²) in [5, 5.41) is 15.1. The van der Waals surface area contributed by atoms with Gasteiger partial charge in [0.1, 0.15) is 5.82 Å². The first-order valence-electron chi connectivity index (χ1n) is 10.4. The van der Waals surface area contributed by atoms with Gasteiger partial charge in [0.05, 0.1) is 40.9 Å². The maximum absolute atomic E-state index is 13.2. The normalized spacial score (nSPS) is 18.2. The lowest BCUT2D eigenvalue weighted by atomic mass is 10.1. The number of rotatable bonds is 5. The summed E-state index contributed by atoms with van der Waals surface area (Å²) >= 11 is 0. The summed E-state index contributed by atoms with van der Waals surface area (Å²) in [6.07, 6.45) is 7.85. The smallest absolute Gasteiger partial charge is 0.253 e. The molecule has 1 aliphatic rings. The molecule has 2 aromatic carbocycles. The Bertz CT molecular complexity index is 1220. The Labute approximate surface area is 179 Å². The number of amides is 1. The zero-order chi connectivity index (χ0) is 21.2. The zero-order valence-corrected chi connectivity index (χ0v) is 17.2. The summed E-state index contributed by atoms with van der Waals surface area (Å²) in [5.41, 5.74) is 3.95. The number of hydrogen-bond donors (Lipinski definition) is 2. The third-order valence-corrected chi connectivity index (χ3v) is 5.65. The summed E-state index contributed by atoms with van der Waals surface area (Å²) in [4.78, 5) is 23.8. The van der Waals surface area contributed by atoms with Crippen molar-refractivity contribution in [3.63, 3.8) is 0 Å². The minimum absolute atomic E-state index is 0.000266. The minimum Gasteiger partial charge on any atom is -0.364 e. The van der Waals surface area contributed by atoms with Crippen LogP contribution in [0.3, 0.4) is 0 Å². The number of carbonyl (C=O) groups excluding carboxylic acids is 1. The predicted molar refractivity (Wildman–Crippen MR) is 118 cm³/mol. The maximum atomic E-state index is 13.2. The topological polar surface area (TPSA) is 97.6 Å². The van der Waals surface area contributed by atoms with Gasteiger partial charge < -0.3 is 10.6 Å². The average Bonchev–Trinajstić information content (AvgIpc) is 3.46. The molecule has 0 saturated heterocycles. The van der Waals surface area contributed by atoms with E-state index in [0.717, 1.165) is 41.7 Å². The Morgan fingerprint density at radius 1 is 1.03 bits per heavy atom. The van der Waals surface area contributed by atoms with E-state index in [0.29, 0.717) is 11.3 Å². The quantitative estimate of drug-likeness (QED) is 0.521. The van der Waals surface area contributed by atoms with Crippen molar-refractivity contribution < 1.29 is 4.79 Å². The number of aromatic nitrogens is 5. The first-order chi connectivity index (χ1) is 15.2. The highest BCUT2D eigenvalue weighted by atomic mass is 16.1. The van der Waals surface area contributed by atoms with Gasteiger partial charge in [0.25, 0.3) is 5.91 Å². The minimum atomic E-state index is -0.126. The number of anilines is 1. The van der Waals surface area contributed by atoms with Gasteiger partial charge in [0, 0.05) is 12.1 Å². The summed E-state index contributed by atoms with van der Waals surface area (Å²) in [7, 11) is 0. The lowest BCUT2D eigenvalue weighted by Gasteiger charge is -2.23. The number of carbonyl (C=O) groups is 1. The van der Waals surface area contributed by atoms with E-state index in [-0.39, 0.29) is 18.0 Å². The molecule has 0 unspecified atom stereocenters. The van der Waals surface area contributed by atoms with Crippen molar-refractivity contribution in [3.05, 3.63) is 72.2 Å². The van der Waals surface area contributed by atoms with Crippen LogP contribution < -0.4 is 10.6 Å². The molecular formula is C23H23N7O. The monoisotopic (exact) mass is 413 g/mol. The van der Waals surface area contributed by atoms with Gasteiger partial charge in [-0.1, -0.05) is 23.8 Å². The van der Waals surface area contributed by atoms with Gasteiger partial charge >= 0.3 is 0 Å².